The molecule has 0 spiro atoms. The van der Waals surface area contributed by atoms with Gasteiger partial charge in [-0.25, -0.2) is 0 Å². The summed E-state index contributed by atoms with van der Waals surface area (Å²) in [6.07, 6.45) is 2.01. The molecule has 0 aliphatic carbocycles. The predicted molar refractivity (Wildman–Crippen MR) is 63.0 cm³/mol. The number of rotatable bonds is 5. The highest BCUT2D eigenvalue weighted by atomic mass is 35.5. The molecule has 1 unspecified atom stereocenters. The Labute approximate surface area is 96.2 Å². The molecule has 0 aliphatic heterocycles. The van der Waals surface area contributed by atoms with E-state index in [4.69, 9.17) is 21.1 Å². The molecule has 0 bridgehead atoms. The van der Waals surface area contributed by atoms with Gasteiger partial charge in [0.15, 0.2) is 0 Å². The van der Waals surface area contributed by atoms with Gasteiger partial charge in [-0.05, 0) is 12.5 Å². The highest BCUT2D eigenvalue weighted by Crippen LogP contribution is 2.35. The second-order valence-electron chi connectivity index (χ2n) is 3.36. The molecule has 0 fully saturated rings. The monoisotopic (exact) mass is 228 g/mol. The van der Waals surface area contributed by atoms with Gasteiger partial charge < -0.3 is 9.47 Å². The van der Waals surface area contributed by atoms with Crippen LogP contribution in [0.4, 0.5) is 0 Å². The maximum Gasteiger partial charge on any atom is 0.127 e. The van der Waals surface area contributed by atoms with Crippen molar-refractivity contribution in [2.24, 2.45) is 0 Å². The summed E-state index contributed by atoms with van der Waals surface area (Å²) in [5, 5.41) is 0.0101. The first-order valence-electron chi connectivity index (χ1n) is 5.09. The SMILES string of the molecule is CCCC(Cl)c1ccc(OC)cc1OC. The smallest absolute Gasteiger partial charge is 0.127 e. The fourth-order valence-electron chi connectivity index (χ4n) is 1.49. The molecule has 1 aromatic carbocycles. The summed E-state index contributed by atoms with van der Waals surface area (Å²) in [5.74, 6) is 1.58. The fourth-order valence-corrected chi connectivity index (χ4v) is 1.88. The maximum absolute atomic E-state index is 6.26. The van der Waals surface area contributed by atoms with Crippen LogP contribution in [0.15, 0.2) is 18.2 Å². The average molecular weight is 229 g/mol. The first-order valence-corrected chi connectivity index (χ1v) is 5.52. The van der Waals surface area contributed by atoms with Crippen molar-refractivity contribution in [3.05, 3.63) is 23.8 Å². The molecule has 1 atom stereocenters. The van der Waals surface area contributed by atoms with Crippen LogP contribution in [0.3, 0.4) is 0 Å². The van der Waals surface area contributed by atoms with Gasteiger partial charge in [-0.2, -0.15) is 0 Å². The van der Waals surface area contributed by atoms with Crippen molar-refractivity contribution in [3.8, 4) is 11.5 Å². The van der Waals surface area contributed by atoms with Gasteiger partial charge in [0.2, 0.25) is 0 Å². The van der Waals surface area contributed by atoms with E-state index in [1.165, 1.54) is 0 Å². The highest BCUT2D eigenvalue weighted by molar-refractivity contribution is 6.21. The molecule has 15 heavy (non-hydrogen) atoms. The first kappa shape index (κ1) is 12.2. The van der Waals surface area contributed by atoms with E-state index < -0.39 is 0 Å². The standard InChI is InChI=1S/C12H17ClO2/c1-4-5-11(13)10-7-6-9(14-2)8-12(10)15-3/h6-8,11H,4-5H2,1-3H3. The normalized spacial score (nSPS) is 12.3. The van der Waals surface area contributed by atoms with Crippen LogP contribution in [-0.4, -0.2) is 14.2 Å². The molecule has 1 rings (SSSR count). The second kappa shape index (κ2) is 5.86. The van der Waals surface area contributed by atoms with Crippen LogP contribution >= 0.6 is 11.6 Å². The zero-order valence-corrected chi connectivity index (χ0v) is 10.2. The van der Waals surface area contributed by atoms with Crippen molar-refractivity contribution >= 4 is 11.6 Å². The number of hydrogen-bond acceptors (Lipinski definition) is 2. The largest absolute Gasteiger partial charge is 0.497 e. The van der Waals surface area contributed by atoms with E-state index in [9.17, 15) is 0 Å². The molecule has 0 N–H and O–H groups in total. The molecule has 84 valence electrons. The van der Waals surface area contributed by atoms with Gasteiger partial charge in [0.25, 0.3) is 0 Å². The second-order valence-corrected chi connectivity index (χ2v) is 3.89. The predicted octanol–water partition coefficient (Wildman–Crippen LogP) is 3.78. The molecular weight excluding hydrogens is 212 g/mol. The Kier molecular flexibility index (Phi) is 4.76. The molecule has 0 saturated carbocycles. The van der Waals surface area contributed by atoms with Gasteiger partial charge in [0.1, 0.15) is 11.5 Å². The number of halogens is 1. The van der Waals surface area contributed by atoms with E-state index in [0.717, 1.165) is 29.9 Å². The summed E-state index contributed by atoms with van der Waals surface area (Å²) < 4.78 is 10.4. The van der Waals surface area contributed by atoms with E-state index in [-0.39, 0.29) is 5.38 Å². The molecule has 3 heteroatoms. The zero-order chi connectivity index (χ0) is 11.3. The molecule has 0 saturated heterocycles. The summed E-state index contributed by atoms with van der Waals surface area (Å²) >= 11 is 6.26. The fraction of sp³-hybridized carbons (Fsp3) is 0.500. The topological polar surface area (TPSA) is 18.5 Å². The van der Waals surface area contributed by atoms with E-state index in [1.807, 2.05) is 18.2 Å². The van der Waals surface area contributed by atoms with Crippen molar-refractivity contribution in [2.45, 2.75) is 25.1 Å². The van der Waals surface area contributed by atoms with E-state index >= 15 is 0 Å². The third-order valence-electron chi connectivity index (χ3n) is 2.32. The Balaban J connectivity index is 2.96. The van der Waals surface area contributed by atoms with Gasteiger partial charge >= 0.3 is 0 Å². The van der Waals surface area contributed by atoms with Crippen molar-refractivity contribution in [3.63, 3.8) is 0 Å². The van der Waals surface area contributed by atoms with Gasteiger partial charge in [0.05, 0.1) is 19.6 Å². The lowest BCUT2D eigenvalue weighted by Gasteiger charge is -2.14. The minimum Gasteiger partial charge on any atom is -0.497 e. The molecule has 0 radical (unpaired) electrons. The van der Waals surface area contributed by atoms with Crippen LogP contribution in [0.25, 0.3) is 0 Å². The number of ether oxygens (including phenoxy) is 2. The molecular formula is C12H17ClO2. The van der Waals surface area contributed by atoms with Crippen LogP contribution in [0.5, 0.6) is 11.5 Å². The first-order chi connectivity index (χ1) is 7.22. The van der Waals surface area contributed by atoms with Gasteiger partial charge in [-0.1, -0.05) is 19.4 Å². The molecule has 1 aromatic rings. The Bertz CT molecular complexity index is 312. The molecule has 0 aliphatic rings. The van der Waals surface area contributed by atoms with Crippen molar-refractivity contribution in [1.82, 2.24) is 0 Å². The third-order valence-corrected chi connectivity index (χ3v) is 2.77. The Morgan fingerprint density at radius 2 is 2.00 bits per heavy atom. The lowest BCUT2D eigenvalue weighted by Crippen LogP contribution is -1.96. The van der Waals surface area contributed by atoms with Crippen LogP contribution in [0, 0.1) is 0 Å². The summed E-state index contributed by atoms with van der Waals surface area (Å²) in [6, 6.07) is 5.73. The maximum atomic E-state index is 6.26. The van der Waals surface area contributed by atoms with E-state index in [0.29, 0.717) is 0 Å². The van der Waals surface area contributed by atoms with Crippen molar-refractivity contribution < 1.29 is 9.47 Å². The van der Waals surface area contributed by atoms with Crippen LogP contribution in [-0.2, 0) is 0 Å². The summed E-state index contributed by atoms with van der Waals surface area (Å²) in [4.78, 5) is 0. The minimum absolute atomic E-state index is 0.0101. The van der Waals surface area contributed by atoms with E-state index in [2.05, 4.69) is 6.92 Å². The number of hydrogen-bond donors (Lipinski definition) is 0. The van der Waals surface area contributed by atoms with Gasteiger partial charge in [-0.3, -0.25) is 0 Å². The number of methoxy groups -OCH3 is 2. The lowest BCUT2D eigenvalue weighted by atomic mass is 10.1. The van der Waals surface area contributed by atoms with Gasteiger partial charge in [-0.15, -0.1) is 11.6 Å². The minimum atomic E-state index is 0.0101. The molecule has 0 amide bonds. The van der Waals surface area contributed by atoms with Crippen LogP contribution < -0.4 is 9.47 Å². The highest BCUT2D eigenvalue weighted by Gasteiger charge is 2.13. The molecule has 0 heterocycles. The van der Waals surface area contributed by atoms with E-state index in [1.54, 1.807) is 14.2 Å². The summed E-state index contributed by atoms with van der Waals surface area (Å²) in [6.45, 7) is 2.12. The number of benzene rings is 1. The molecule has 2 nitrogen and oxygen atoms in total. The van der Waals surface area contributed by atoms with Gasteiger partial charge in [0, 0.05) is 11.6 Å². The summed E-state index contributed by atoms with van der Waals surface area (Å²) in [5.41, 5.74) is 1.03. The Hall–Kier alpha value is -0.890. The Morgan fingerprint density at radius 1 is 1.27 bits per heavy atom. The number of alkyl halides is 1. The Morgan fingerprint density at radius 3 is 2.53 bits per heavy atom. The van der Waals surface area contributed by atoms with Crippen molar-refractivity contribution in [1.29, 1.82) is 0 Å². The molecule has 0 aromatic heterocycles. The average Bonchev–Trinajstić information content (AvgIpc) is 2.28. The summed E-state index contributed by atoms with van der Waals surface area (Å²) in [7, 11) is 3.28. The zero-order valence-electron chi connectivity index (χ0n) is 9.42. The van der Waals surface area contributed by atoms with Crippen LogP contribution in [0.1, 0.15) is 30.7 Å². The third kappa shape index (κ3) is 3.03. The quantitative estimate of drug-likeness (QED) is 0.714. The lowest BCUT2D eigenvalue weighted by molar-refractivity contribution is 0.390. The van der Waals surface area contributed by atoms with Crippen LogP contribution in [0.2, 0.25) is 0 Å². The van der Waals surface area contributed by atoms with Crippen molar-refractivity contribution in [2.75, 3.05) is 14.2 Å².